The molecule has 1 N–H and O–H groups in total. The highest BCUT2D eigenvalue weighted by Gasteiger charge is 2.12. The van der Waals surface area contributed by atoms with Crippen molar-refractivity contribution in [1.82, 2.24) is 10.3 Å². The first-order valence-electron chi connectivity index (χ1n) is 6.49. The number of nitrogens with one attached hydrogen (secondary N) is 1. The Kier molecular flexibility index (Phi) is 4.17. The molecule has 1 aromatic heterocycles. The molecule has 0 saturated heterocycles. The normalized spacial score (nSPS) is 12.2. The minimum Gasteiger partial charge on any atom is -0.438 e. The zero-order chi connectivity index (χ0) is 13.8. The zero-order valence-corrected chi connectivity index (χ0v) is 11.9. The summed E-state index contributed by atoms with van der Waals surface area (Å²) in [6.07, 6.45) is 1.76. The summed E-state index contributed by atoms with van der Waals surface area (Å²) >= 11 is 0. The second-order valence-electron chi connectivity index (χ2n) is 4.71. The van der Waals surface area contributed by atoms with Crippen molar-refractivity contribution in [3.8, 4) is 11.6 Å². The molecular weight excluding hydrogens is 236 g/mol. The number of aromatic nitrogens is 1. The third kappa shape index (κ3) is 2.93. The maximum absolute atomic E-state index is 5.99. The molecule has 19 heavy (non-hydrogen) atoms. The highest BCUT2D eigenvalue weighted by molar-refractivity contribution is 5.42. The van der Waals surface area contributed by atoms with Crippen LogP contribution in [0.15, 0.2) is 36.5 Å². The average molecular weight is 256 g/mol. The van der Waals surface area contributed by atoms with Gasteiger partial charge in [-0.2, -0.15) is 0 Å². The maximum atomic E-state index is 5.99. The minimum absolute atomic E-state index is 0.203. The molecule has 0 fully saturated rings. The Labute approximate surface area is 114 Å². The molecule has 3 nitrogen and oxygen atoms in total. The summed E-state index contributed by atoms with van der Waals surface area (Å²) in [5.74, 6) is 1.53. The van der Waals surface area contributed by atoms with Gasteiger partial charge in [0.1, 0.15) is 5.75 Å². The number of hydrogen-bond acceptors (Lipinski definition) is 3. The van der Waals surface area contributed by atoms with Gasteiger partial charge in [0.2, 0.25) is 5.88 Å². The van der Waals surface area contributed by atoms with Gasteiger partial charge in [-0.1, -0.05) is 18.2 Å². The predicted octanol–water partition coefficient (Wildman–Crippen LogP) is 3.77. The van der Waals surface area contributed by atoms with Crippen molar-refractivity contribution >= 4 is 0 Å². The lowest BCUT2D eigenvalue weighted by Gasteiger charge is -2.16. The SMILES string of the molecule is CNC(C)c1cccnc1Oc1cccc(C)c1C. The molecule has 0 aliphatic rings. The van der Waals surface area contributed by atoms with Crippen LogP contribution < -0.4 is 10.1 Å². The highest BCUT2D eigenvalue weighted by Crippen LogP contribution is 2.30. The first-order chi connectivity index (χ1) is 9.13. The van der Waals surface area contributed by atoms with Gasteiger partial charge < -0.3 is 10.1 Å². The van der Waals surface area contributed by atoms with Crippen LogP contribution in [0.3, 0.4) is 0 Å². The van der Waals surface area contributed by atoms with E-state index in [9.17, 15) is 0 Å². The predicted molar refractivity (Wildman–Crippen MR) is 77.7 cm³/mol. The van der Waals surface area contributed by atoms with Gasteiger partial charge in [-0.15, -0.1) is 0 Å². The van der Waals surface area contributed by atoms with E-state index in [-0.39, 0.29) is 6.04 Å². The topological polar surface area (TPSA) is 34.2 Å². The van der Waals surface area contributed by atoms with Gasteiger partial charge in [0, 0.05) is 17.8 Å². The van der Waals surface area contributed by atoms with Crippen molar-refractivity contribution in [1.29, 1.82) is 0 Å². The van der Waals surface area contributed by atoms with Gasteiger partial charge in [-0.3, -0.25) is 0 Å². The Bertz CT molecular complexity index is 566. The van der Waals surface area contributed by atoms with Crippen LogP contribution in [0.2, 0.25) is 0 Å². The maximum Gasteiger partial charge on any atom is 0.223 e. The van der Waals surface area contributed by atoms with Crippen LogP contribution in [0, 0.1) is 13.8 Å². The van der Waals surface area contributed by atoms with Crippen molar-refractivity contribution in [3.05, 3.63) is 53.2 Å². The summed E-state index contributed by atoms with van der Waals surface area (Å²) < 4.78 is 5.99. The van der Waals surface area contributed by atoms with E-state index in [1.165, 1.54) is 5.56 Å². The van der Waals surface area contributed by atoms with E-state index in [1.54, 1.807) is 6.20 Å². The van der Waals surface area contributed by atoms with Crippen LogP contribution in [-0.2, 0) is 0 Å². The summed E-state index contributed by atoms with van der Waals surface area (Å²) in [5, 5.41) is 3.21. The molecule has 0 aliphatic heterocycles. The number of pyridine rings is 1. The van der Waals surface area contributed by atoms with E-state index in [2.05, 4.69) is 37.1 Å². The highest BCUT2D eigenvalue weighted by atomic mass is 16.5. The molecule has 0 amide bonds. The standard InChI is InChI=1S/C16H20N2O/c1-11-7-5-9-15(12(11)2)19-16-14(13(3)17-4)8-6-10-18-16/h5-10,13,17H,1-4H3. The smallest absolute Gasteiger partial charge is 0.223 e. The molecule has 2 rings (SSSR count). The summed E-state index contributed by atoms with van der Waals surface area (Å²) in [4.78, 5) is 4.35. The van der Waals surface area contributed by atoms with Crippen LogP contribution in [0.1, 0.15) is 29.7 Å². The first kappa shape index (κ1) is 13.6. The Morgan fingerprint density at radius 1 is 1.16 bits per heavy atom. The first-order valence-corrected chi connectivity index (χ1v) is 6.49. The fourth-order valence-electron chi connectivity index (χ4n) is 1.91. The van der Waals surface area contributed by atoms with E-state index < -0.39 is 0 Å². The lowest BCUT2D eigenvalue weighted by Crippen LogP contribution is -2.13. The number of aryl methyl sites for hydroxylation is 1. The zero-order valence-electron chi connectivity index (χ0n) is 11.9. The number of hydrogen-bond donors (Lipinski definition) is 1. The summed E-state index contributed by atoms with van der Waals surface area (Å²) in [6.45, 7) is 6.24. The molecule has 0 aliphatic carbocycles. The summed E-state index contributed by atoms with van der Waals surface area (Å²) in [7, 11) is 1.93. The molecule has 1 unspecified atom stereocenters. The lowest BCUT2D eigenvalue weighted by atomic mass is 10.1. The molecule has 100 valence electrons. The molecular formula is C16H20N2O. The number of rotatable bonds is 4. The fraction of sp³-hybridized carbons (Fsp3) is 0.312. The van der Waals surface area contributed by atoms with E-state index in [4.69, 9.17) is 4.74 Å². The molecule has 3 heteroatoms. The second-order valence-corrected chi connectivity index (χ2v) is 4.71. The Hall–Kier alpha value is -1.87. The molecule has 1 heterocycles. The van der Waals surface area contributed by atoms with Crippen LogP contribution in [-0.4, -0.2) is 12.0 Å². The largest absolute Gasteiger partial charge is 0.438 e. The Balaban J connectivity index is 2.36. The summed E-state index contributed by atoms with van der Waals surface area (Å²) in [5.41, 5.74) is 3.43. The average Bonchev–Trinajstić information content (AvgIpc) is 2.43. The molecule has 0 bridgehead atoms. The van der Waals surface area contributed by atoms with Crippen LogP contribution >= 0.6 is 0 Å². The monoisotopic (exact) mass is 256 g/mol. The van der Waals surface area contributed by atoms with Crippen molar-refractivity contribution in [2.24, 2.45) is 0 Å². The Morgan fingerprint density at radius 3 is 2.68 bits per heavy atom. The number of benzene rings is 1. The van der Waals surface area contributed by atoms with Crippen molar-refractivity contribution in [2.75, 3.05) is 7.05 Å². The van der Waals surface area contributed by atoms with Crippen LogP contribution in [0.4, 0.5) is 0 Å². The quantitative estimate of drug-likeness (QED) is 0.904. The third-order valence-corrected chi connectivity index (χ3v) is 3.46. The van der Waals surface area contributed by atoms with E-state index in [0.29, 0.717) is 5.88 Å². The van der Waals surface area contributed by atoms with E-state index >= 15 is 0 Å². The minimum atomic E-state index is 0.203. The molecule has 0 radical (unpaired) electrons. The van der Waals surface area contributed by atoms with Crippen molar-refractivity contribution in [3.63, 3.8) is 0 Å². The van der Waals surface area contributed by atoms with Crippen molar-refractivity contribution in [2.45, 2.75) is 26.8 Å². The Morgan fingerprint density at radius 2 is 1.95 bits per heavy atom. The molecule has 0 spiro atoms. The molecule has 2 aromatic rings. The number of ether oxygens (including phenoxy) is 1. The van der Waals surface area contributed by atoms with E-state index in [0.717, 1.165) is 16.9 Å². The van der Waals surface area contributed by atoms with Gasteiger partial charge in [0.05, 0.1) is 0 Å². The van der Waals surface area contributed by atoms with Gasteiger partial charge in [-0.25, -0.2) is 4.98 Å². The second kappa shape index (κ2) is 5.85. The molecule has 1 atom stereocenters. The van der Waals surface area contributed by atoms with Gasteiger partial charge in [-0.05, 0) is 51.1 Å². The van der Waals surface area contributed by atoms with Gasteiger partial charge in [0.25, 0.3) is 0 Å². The van der Waals surface area contributed by atoms with Gasteiger partial charge >= 0.3 is 0 Å². The summed E-state index contributed by atoms with van der Waals surface area (Å²) in [6, 6.07) is 10.2. The lowest BCUT2D eigenvalue weighted by molar-refractivity contribution is 0.443. The van der Waals surface area contributed by atoms with Crippen LogP contribution in [0.5, 0.6) is 11.6 Å². The fourth-order valence-corrected chi connectivity index (χ4v) is 1.91. The van der Waals surface area contributed by atoms with Crippen LogP contribution in [0.25, 0.3) is 0 Å². The third-order valence-electron chi connectivity index (χ3n) is 3.46. The molecule has 0 saturated carbocycles. The van der Waals surface area contributed by atoms with Gasteiger partial charge in [0.15, 0.2) is 0 Å². The van der Waals surface area contributed by atoms with E-state index in [1.807, 2.05) is 31.3 Å². The van der Waals surface area contributed by atoms with Crippen molar-refractivity contribution < 1.29 is 4.74 Å². The molecule has 1 aromatic carbocycles. The number of nitrogens with zero attached hydrogens (tertiary/aromatic N) is 1.